The molecule has 0 saturated heterocycles. The molecule has 7 nitrogen and oxygen atoms in total. The summed E-state index contributed by atoms with van der Waals surface area (Å²) in [6.45, 7) is -0.271. The number of ether oxygens (including phenoxy) is 4. The first-order valence-electron chi connectivity index (χ1n) is 6.87. The van der Waals surface area contributed by atoms with Crippen molar-refractivity contribution in [1.29, 1.82) is 0 Å². The largest absolute Gasteiger partial charge is 0.573 e. The molecule has 25 heavy (non-hydrogen) atoms. The molecule has 0 aromatic heterocycles. The number of halogens is 3. The average molecular weight is 361 g/mol. The van der Waals surface area contributed by atoms with Crippen LogP contribution in [-0.2, 0) is 23.8 Å². The fraction of sp³-hybridized carbons (Fsp3) is 0.333. The van der Waals surface area contributed by atoms with Gasteiger partial charge in [-0.25, -0.2) is 9.59 Å². The number of hydrogen-bond donors (Lipinski definition) is 0. The third-order valence-electron chi connectivity index (χ3n) is 3.22. The van der Waals surface area contributed by atoms with Crippen molar-refractivity contribution >= 4 is 17.6 Å². The van der Waals surface area contributed by atoms with Gasteiger partial charge < -0.3 is 23.8 Å². The van der Waals surface area contributed by atoms with E-state index in [2.05, 4.69) is 14.2 Å². The number of hydrogen-bond acceptors (Lipinski definition) is 7. The van der Waals surface area contributed by atoms with Gasteiger partial charge in [-0.05, 0) is 24.3 Å². The van der Waals surface area contributed by atoms with Crippen molar-refractivity contribution in [2.24, 2.45) is 0 Å². The van der Waals surface area contributed by atoms with Gasteiger partial charge in [-0.2, -0.15) is 0 Å². The van der Waals surface area contributed by atoms with Gasteiger partial charge in [-0.1, -0.05) is 0 Å². The van der Waals surface area contributed by atoms with Crippen LogP contribution in [-0.4, -0.2) is 45.9 Å². The van der Waals surface area contributed by atoms with Crippen LogP contribution in [0.15, 0.2) is 35.5 Å². The lowest BCUT2D eigenvalue weighted by molar-refractivity contribution is -0.274. The molecule has 0 amide bonds. The van der Waals surface area contributed by atoms with Crippen LogP contribution in [0.4, 0.5) is 18.9 Å². The first kappa shape index (κ1) is 18.6. The standard InChI is InChI=1S/C15H14F3NO6/c1-22-13(20)11-7-24-8-19(12(11)14(21)23-2)9-3-5-10(6-4-9)25-15(16,17)18/h3-6H,7-8H2,1-2H3. The molecule has 136 valence electrons. The highest BCUT2D eigenvalue weighted by Crippen LogP contribution is 2.29. The van der Waals surface area contributed by atoms with Crippen molar-refractivity contribution in [3.63, 3.8) is 0 Å². The second-order valence-electron chi connectivity index (χ2n) is 4.76. The molecule has 1 aromatic carbocycles. The number of rotatable bonds is 4. The molecular weight excluding hydrogens is 347 g/mol. The summed E-state index contributed by atoms with van der Waals surface area (Å²) < 4.78 is 55.0. The number of carbonyl (C=O) groups is 2. The van der Waals surface area contributed by atoms with Crippen LogP contribution in [0.1, 0.15) is 0 Å². The fourth-order valence-corrected chi connectivity index (χ4v) is 2.18. The number of benzene rings is 1. The average Bonchev–Trinajstić information content (AvgIpc) is 2.59. The third kappa shape index (κ3) is 4.41. The number of esters is 2. The Balaban J connectivity index is 2.38. The molecule has 0 N–H and O–H groups in total. The van der Waals surface area contributed by atoms with Crippen LogP contribution >= 0.6 is 0 Å². The van der Waals surface area contributed by atoms with E-state index in [1.54, 1.807) is 0 Å². The first-order valence-corrected chi connectivity index (χ1v) is 6.87. The number of carbonyl (C=O) groups excluding carboxylic acids is 2. The van der Waals surface area contributed by atoms with Gasteiger partial charge in [0, 0.05) is 5.69 Å². The van der Waals surface area contributed by atoms with Gasteiger partial charge >= 0.3 is 18.3 Å². The Labute approximate surface area is 140 Å². The molecule has 0 atom stereocenters. The second-order valence-corrected chi connectivity index (χ2v) is 4.76. The second kappa shape index (κ2) is 7.43. The summed E-state index contributed by atoms with van der Waals surface area (Å²) in [6, 6.07) is 4.72. The minimum atomic E-state index is -4.81. The summed E-state index contributed by atoms with van der Waals surface area (Å²) in [6.07, 6.45) is -4.81. The van der Waals surface area contributed by atoms with Crippen molar-refractivity contribution in [3.8, 4) is 5.75 Å². The van der Waals surface area contributed by atoms with E-state index in [-0.39, 0.29) is 24.6 Å². The molecule has 0 bridgehead atoms. The van der Waals surface area contributed by atoms with Crippen molar-refractivity contribution in [1.82, 2.24) is 0 Å². The predicted octanol–water partition coefficient (Wildman–Crippen LogP) is 1.98. The highest BCUT2D eigenvalue weighted by molar-refractivity contribution is 6.03. The number of anilines is 1. The van der Waals surface area contributed by atoms with Crippen molar-refractivity contribution in [2.45, 2.75) is 6.36 Å². The van der Waals surface area contributed by atoms with Crippen LogP contribution in [0, 0.1) is 0 Å². The quantitative estimate of drug-likeness (QED) is 0.759. The van der Waals surface area contributed by atoms with Crippen molar-refractivity contribution in [2.75, 3.05) is 32.5 Å². The van der Waals surface area contributed by atoms with E-state index in [0.29, 0.717) is 5.69 Å². The molecule has 0 radical (unpaired) electrons. The number of alkyl halides is 3. The zero-order valence-corrected chi connectivity index (χ0v) is 13.3. The minimum absolute atomic E-state index is 0.0591. The normalized spacial score (nSPS) is 15.0. The maximum atomic E-state index is 12.2. The van der Waals surface area contributed by atoms with Gasteiger partial charge in [0.2, 0.25) is 0 Å². The van der Waals surface area contributed by atoms with Gasteiger partial charge in [0.15, 0.2) is 0 Å². The lowest BCUT2D eigenvalue weighted by Gasteiger charge is -2.31. The molecule has 1 aromatic rings. The maximum absolute atomic E-state index is 12.2. The van der Waals surface area contributed by atoms with E-state index < -0.39 is 24.1 Å². The van der Waals surface area contributed by atoms with Crippen LogP contribution < -0.4 is 9.64 Å². The van der Waals surface area contributed by atoms with E-state index in [1.165, 1.54) is 17.0 Å². The highest BCUT2D eigenvalue weighted by Gasteiger charge is 2.33. The van der Waals surface area contributed by atoms with Crippen LogP contribution in [0.25, 0.3) is 0 Å². The van der Waals surface area contributed by atoms with E-state index in [0.717, 1.165) is 26.4 Å². The van der Waals surface area contributed by atoms with E-state index >= 15 is 0 Å². The summed E-state index contributed by atoms with van der Waals surface area (Å²) >= 11 is 0. The summed E-state index contributed by atoms with van der Waals surface area (Å²) in [5, 5.41) is 0. The third-order valence-corrected chi connectivity index (χ3v) is 3.22. The van der Waals surface area contributed by atoms with Gasteiger partial charge in [0.1, 0.15) is 18.2 Å². The fourth-order valence-electron chi connectivity index (χ4n) is 2.18. The van der Waals surface area contributed by atoms with Crippen LogP contribution in [0.2, 0.25) is 0 Å². The smallest absolute Gasteiger partial charge is 0.466 e. The molecule has 1 heterocycles. The zero-order chi connectivity index (χ0) is 18.6. The molecule has 1 aliphatic rings. The molecular formula is C15H14F3NO6. The maximum Gasteiger partial charge on any atom is 0.573 e. The summed E-state index contributed by atoms with van der Waals surface area (Å²) in [4.78, 5) is 25.2. The molecule has 0 unspecified atom stereocenters. The Hall–Kier alpha value is -2.75. The lowest BCUT2D eigenvalue weighted by atomic mass is 10.1. The van der Waals surface area contributed by atoms with E-state index in [9.17, 15) is 22.8 Å². The van der Waals surface area contributed by atoms with Crippen LogP contribution in [0.3, 0.4) is 0 Å². The molecule has 0 aliphatic carbocycles. The number of nitrogens with zero attached hydrogens (tertiary/aromatic N) is 1. The van der Waals surface area contributed by atoms with E-state index in [1.807, 2.05) is 0 Å². The summed E-state index contributed by atoms with van der Waals surface area (Å²) in [5.41, 5.74) is 0.136. The SMILES string of the molecule is COC(=O)C1=C(C(=O)OC)N(c2ccc(OC(F)(F)F)cc2)COC1. The monoisotopic (exact) mass is 361 g/mol. The first-order chi connectivity index (χ1) is 11.8. The Morgan fingerprint density at radius 2 is 1.68 bits per heavy atom. The van der Waals surface area contributed by atoms with Crippen LogP contribution in [0.5, 0.6) is 5.75 Å². The molecule has 0 saturated carbocycles. The van der Waals surface area contributed by atoms with Gasteiger partial charge in [0.25, 0.3) is 0 Å². The predicted molar refractivity (Wildman–Crippen MR) is 77.5 cm³/mol. The topological polar surface area (TPSA) is 74.3 Å². The molecule has 0 fully saturated rings. The summed E-state index contributed by atoms with van der Waals surface area (Å²) in [5.74, 6) is -2.01. The lowest BCUT2D eigenvalue weighted by Crippen LogP contribution is -2.38. The summed E-state index contributed by atoms with van der Waals surface area (Å²) in [7, 11) is 2.28. The zero-order valence-electron chi connectivity index (χ0n) is 13.3. The van der Waals surface area contributed by atoms with Crippen molar-refractivity contribution < 1.29 is 41.7 Å². The molecule has 10 heteroatoms. The Morgan fingerprint density at radius 3 is 2.20 bits per heavy atom. The van der Waals surface area contributed by atoms with E-state index in [4.69, 9.17) is 4.74 Å². The highest BCUT2D eigenvalue weighted by atomic mass is 19.4. The Bertz CT molecular complexity index is 684. The molecule has 2 rings (SSSR count). The van der Waals surface area contributed by atoms with Gasteiger partial charge in [-0.3, -0.25) is 0 Å². The minimum Gasteiger partial charge on any atom is -0.466 e. The number of methoxy groups -OCH3 is 2. The van der Waals surface area contributed by atoms with Gasteiger partial charge in [-0.15, -0.1) is 13.2 Å². The molecule has 0 spiro atoms. The Morgan fingerprint density at radius 1 is 1.08 bits per heavy atom. The molecule has 1 aliphatic heterocycles. The van der Waals surface area contributed by atoms with Crippen molar-refractivity contribution in [3.05, 3.63) is 35.5 Å². The Kier molecular flexibility index (Phi) is 5.52. The van der Waals surface area contributed by atoms with Gasteiger partial charge in [0.05, 0.1) is 26.4 Å².